The van der Waals surface area contributed by atoms with E-state index in [4.69, 9.17) is 18.9 Å². The summed E-state index contributed by atoms with van der Waals surface area (Å²) in [4.78, 5) is 24.6. The second kappa shape index (κ2) is 9.99. The predicted octanol–water partition coefficient (Wildman–Crippen LogP) is 4.33. The number of hydrogen-bond donors (Lipinski definition) is 0. The van der Waals surface area contributed by atoms with Crippen molar-refractivity contribution in [1.82, 2.24) is 0 Å². The number of rotatable bonds is 11. The maximum absolute atomic E-state index is 12.3. The van der Waals surface area contributed by atoms with Gasteiger partial charge in [0.25, 0.3) is 0 Å². The predicted molar refractivity (Wildman–Crippen MR) is 111 cm³/mol. The van der Waals surface area contributed by atoms with Crippen molar-refractivity contribution in [2.75, 3.05) is 0 Å². The normalized spacial score (nSPS) is 36.1. The highest BCUT2D eigenvalue weighted by atomic mass is 16.6. The summed E-state index contributed by atoms with van der Waals surface area (Å²) in [5.41, 5.74) is 0. The van der Waals surface area contributed by atoms with Crippen LogP contribution in [0, 0.1) is 11.8 Å². The third kappa shape index (κ3) is 5.76. The van der Waals surface area contributed by atoms with Gasteiger partial charge in [0.2, 0.25) is 0 Å². The lowest BCUT2D eigenvalue weighted by Crippen LogP contribution is -2.30. The molecule has 2 aliphatic heterocycles. The highest BCUT2D eigenvalue weighted by Crippen LogP contribution is 2.42. The first kappa shape index (κ1) is 22.1. The van der Waals surface area contributed by atoms with Gasteiger partial charge in [-0.2, -0.15) is 0 Å². The number of carbonyl (C=O) groups is 2. The Morgan fingerprint density at radius 2 is 1.17 bits per heavy atom. The van der Waals surface area contributed by atoms with Crippen molar-refractivity contribution >= 4 is 11.9 Å². The highest BCUT2D eigenvalue weighted by molar-refractivity contribution is 5.70. The van der Waals surface area contributed by atoms with Gasteiger partial charge in [0, 0.05) is 12.8 Å². The van der Waals surface area contributed by atoms with Crippen molar-refractivity contribution in [1.29, 1.82) is 0 Å². The maximum Gasteiger partial charge on any atom is 0.306 e. The Morgan fingerprint density at radius 1 is 0.733 bits per heavy atom. The Hall–Kier alpha value is -1.14. The molecule has 2 aliphatic carbocycles. The minimum absolute atomic E-state index is 0.00321. The van der Waals surface area contributed by atoms with Crippen LogP contribution in [0.2, 0.25) is 0 Å². The monoisotopic (exact) mass is 422 g/mol. The van der Waals surface area contributed by atoms with E-state index in [0.717, 1.165) is 51.4 Å². The van der Waals surface area contributed by atoms with Crippen LogP contribution in [0.15, 0.2) is 0 Å². The molecule has 2 saturated heterocycles. The van der Waals surface area contributed by atoms with Gasteiger partial charge >= 0.3 is 11.9 Å². The molecule has 8 atom stereocenters. The molecule has 0 bridgehead atoms. The van der Waals surface area contributed by atoms with Crippen molar-refractivity contribution in [3.63, 3.8) is 0 Å². The third-order valence-corrected chi connectivity index (χ3v) is 7.52. The number of fused-ring (bicyclic) bond motifs is 2. The first-order chi connectivity index (χ1) is 14.6. The van der Waals surface area contributed by atoms with Gasteiger partial charge in [-0.15, -0.1) is 0 Å². The van der Waals surface area contributed by atoms with Crippen molar-refractivity contribution in [3.8, 4) is 0 Å². The van der Waals surface area contributed by atoms with Crippen LogP contribution in [0.1, 0.15) is 90.9 Å². The highest BCUT2D eigenvalue weighted by Gasteiger charge is 2.47. The fraction of sp³-hybridized carbons (Fsp3) is 0.917. The molecular weight excluding hydrogens is 384 g/mol. The molecular formula is C24H38O6. The summed E-state index contributed by atoms with van der Waals surface area (Å²) < 4.78 is 22.7. The summed E-state index contributed by atoms with van der Waals surface area (Å²) in [6.45, 7) is 4.17. The Morgan fingerprint density at radius 3 is 1.53 bits per heavy atom. The summed E-state index contributed by atoms with van der Waals surface area (Å²) in [7, 11) is 0. The van der Waals surface area contributed by atoms with Crippen LogP contribution in [-0.2, 0) is 28.5 Å². The molecule has 170 valence electrons. The third-order valence-electron chi connectivity index (χ3n) is 7.52. The first-order valence-electron chi connectivity index (χ1n) is 12.3. The quantitative estimate of drug-likeness (QED) is 0.280. The van der Waals surface area contributed by atoms with Crippen molar-refractivity contribution in [2.24, 2.45) is 11.8 Å². The number of carbonyl (C=O) groups excluding carboxylic acids is 2. The topological polar surface area (TPSA) is 77.7 Å². The zero-order chi connectivity index (χ0) is 21.1. The fourth-order valence-electron chi connectivity index (χ4n) is 5.57. The Kier molecular flexibility index (Phi) is 7.35. The van der Waals surface area contributed by atoms with Crippen molar-refractivity contribution in [3.05, 3.63) is 0 Å². The van der Waals surface area contributed by atoms with Crippen LogP contribution in [0.3, 0.4) is 0 Å². The molecule has 6 heteroatoms. The summed E-state index contributed by atoms with van der Waals surface area (Å²) >= 11 is 0. The van der Waals surface area contributed by atoms with Gasteiger partial charge in [-0.1, -0.05) is 13.8 Å². The molecule has 4 aliphatic rings. The van der Waals surface area contributed by atoms with Gasteiger partial charge in [0.1, 0.15) is 12.2 Å². The minimum atomic E-state index is -0.137. The van der Waals surface area contributed by atoms with Crippen molar-refractivity contribution in [2.45, 2.75) is 128 Å². The van der Waals surface area contributed by atoms with Gasteiger partial charge in [-0.3, -0.25) is 9.59 Å². The Bertz CT molecular complexity index is 555. The molecule has 0 aromatic heterocycles. The summed E-state index contributed by atoms with van der Waals surface area (Å²) in [6.07, 6.45) is 12.0. The van der Waals surface area contributed by atoms with E-state index in [1.807, 2.05) is 0 Å². The Labute approximate surface area is 180 Å². The molecule has 4 rings (SSSR count). The molecule has 2 saturated carbocycles. The molecule has 2 heterocycles. The zero-order valence-corrected chi connectivity index (χ0v) is 18.6. The van der Waals surface area contributed by atoms with Gasteiger partial charge < -0.3 is 18.9 Å². The molecule has 0 spiro atoms. The largest absolute Gasteiger partial charge is 0.462 e. The second-order valence-corrected chi connectivity index (χ2v) is 9.65. The molecule has 0 radical (unpaired) electrons. The van der Waals surface area contributed by atoms with Gasteiger partial charge in [-0.25, -0.2) is 0 Å². The number of unbranched alkanes of at least 4 members (excludes halogenated alkanes) is 1. The van der Waals surface area contributed by atoms with Crippen LogP contribution >= 0.6 is 0 Å². The van der Waals surface area contributed by atoms with Crippen LogP contribution in [0.25, 0.3) is 0 Å². The van der Waals surface area contributed by atoms with E-state index < -0.39 is 0 Å². The summed E-state index contributed by atoms with van der Waals surface area (Å²) in [5, 5.41) is 0. The van der Waals surface area contributed by atoms with E-state index in [1.54, 1.807) is 0 Å². The number of hydrogen-bond acceptors (Lipinski definition) is 6. The molecule has 0 aromatic rings. The van der Waals surface area contributed by atoms with Crippen LogP contribution < -0.4 is 0 Å². The lowest BCUT2D eigenvalue weighted by Gasteiger charge is -2.28. The van der Waals surface area contributed by atoms with Crippen molar-refractivity contribution < 1.29 is 28.5 Å². The number of ether oxygens (including phenoxy) is 4. The summed E-state index contributed by atoms with van der Waals surface area (Å²) in [5.74, 6) is 0.586. The van der Waals surface area contributed by atoms with E-state index >= 15 is 0 Å². The van der Waals surface area contributed by atoms with Crippen LogP contribution in [0.5, 0.6) is 0 Å². The molecule has 0 aromatic carbocycles. The van der Waals surface area contributed by atoms with Crippen LogP contribution in [0.4, 0.5) is 0 Å². The van der Waals surface area contributed by atoms with E-state index in [-0.39, 0.29) is 24.1 Å². The van der Waals surface area contributed by atoms with E-state index in [2.05, 4.69) is 13.8 Å². The molecule has 0 N–H and O–H groups in total. The average molecular weight is 423 g/mol. The van der Waals surface area contributed by atoms with Gasteiger partial charge in [0.15, 0.2) is 0 Å². The minimum Gasteiger partial charge on any atom is -0.462 e. The standard InChI is InChI=1S/C24H38O6/c1-3-17(15-9-11-19-21(13-15)27-19)29-23(25)7-5-6-8-24(26)30-18(4-2)16-10-12-20-22(14-16)28-20/h15-22H,3-14H2,1-2H3. The average Bonchev–Trinajstić information content (AvgIpc) is 3.66. The molecule has 0 amide bonds. The van der Waals surface area contributed by atoms with E-state index in [0.29, 0.717) is 61.9 Å². The first-order valence-corrected chi connectivity index (χ1v) is 12.3. The fourth-order valence-corrected chi connectivity index (χ4v) is 5.57. The smallest absolute Gasteiger partial charge is 0.306 e. The number of esters is 2. The molecule has 6 nitrogen and oxygen atoms in total. The molecule has 8 unspecified atom stereocenters. The van der Waals surface area contributed by atoms with Gasteiger partial charge in [0.05, 0.1) is 24.4 Å². The zero-order valence-electron chi connectivity index (χ0n) is 18.6. The van der Waals surface area contributed by atoms with Gasteiger partial charge in [-0.05, 0) is 76.0 Å². The maximum atomic E-state index is 12.3. The lowest BCUT2D eigenvalue weighted by molar-refractivity contribution is -0.155. The molecule has 4 fully saturated rings. The summed E-state index contributed by atoms with van der Waals surface area (Å²) in [6, 6.07) is 0. The Balaban J connectivity index is 1.09. The lowest BCUT2D eigenvalue weighted by atomic mass is 9.84. The van der Waals surface area contributed by atoms with Crippen LogP contribution in [-0.4, -0.2) is 48.6 Å². The van der Waals surface area contributed by atoms with E-state index in [1.165, 1.54) is 0 Å². The SMILES string of the molecule is CCC(OC(=O)CCCCC(=O)OC(CC)C1CCC2OC2C1)C1CCC2OC2C1. The van der Waals surface area contributed by atoms with E-state index in [9.17, 15) is 9.59 Å². The number of epoxide rings is 2. The molecule has 30 heavy (non-hydrogen) atoms. The second-order valence-electron chi connectivity index (χ2n) is 9.65.